The lowest BCUT2D eigenvalue weighted by Crippen LogP contribution is -2.10. The van der Waals surface area contributed by atoms with Crippen molar-refractivity contribution in [3.05, 3.63) is 18.1 Å². The van der Waals surface area contributed by atoms with Crippen LogP contribution in [0.1, 0.15) is 17.4 Å². The molecule has 0 bridgehead atoms. The van der Waals surface area contributed by atoms with Crippen LogP contribution in [0.3, 0.4) is 0 Å². The fraction of sp³-hybridized carbons (Fsp3) is 0.222. The van der Waals surface area contributed by atoms with Gasteiger partial charge in [0.05, 0.1) is 12.4 Å². The summed E-state index contributed by atoms with van der Waals surface area (Å²) in [6.45, 7) is 1.67. The van der Waals surface area contributed by atoms with Gasteiger partial charge in [0, 0.05) is 0 Å². The smallest absolute Gasteiger partial charge is 0.356 e. The van der Waals surface area contributed by atoms with Crippen molar-refractivity contribution in [2.45, 2.75) is 13.0 Å². The second-order valence-corrected chi connectivity index (χ2v) is 2.47. The first kappa shape index (κ1) is 9.99. The van der Waals surface area contributed by atoms with Gasteiger partial charge in [-0.25, -0.2) is 14.8 Å². The van der Waals surface area contributed by atoms with E-state index in [4.69, 9.17) is 16.3 Å². The van der Waals surface area contributed by atoms with Crippen molar-refractivity contribution in [2.75, 3.05) is 0 Å². The molecule has 14 heavy (non-hydrogen) atoms. The Labute approximate surface area is 80.8 Å². The first-order valence-corrected chi connectivity index (χ1v) is 3.81. The van der Waals surface area contributed by atoms with E-state index in [1.165, 1.54) is 6.20 Å². The molecular weight excluding hydrogens is 184 g/mol. The molecule has 1 N–H and O–H groups in total. The van der Waals surface area contributed by atoms with Gasteiger partial charge in [-0.3, -0.25) is 0 Å². The average Bonchev–Trinajstić information content (AvgIpc) is 2.18. The van der Waals surface area contributed by atoms with E-state index in [1.54, 1.807) is 6.92 Å². The normalized spacial score (nSPS) is 11.4. The molecule has 1 aromatic rings. The lowest BCUT2D eigenvalue weighted by atomic mass is 10.4. The first-order valence-electron chi connectivity index (χ1n) is 3.81. The average molecular weight is 192 g/mol. The predicted octanol–water partition coefficient (Wildman–Crippen LogP) is 0.575. The fourth-order valence-electron chi connectivity index (χ4n) is 0.703. The van der Waals surface area contributed by atoms with Crippen molar-refractivity contribution in [3.63, 3.8) is 0 Å². The maximum Gasteiger partial charge on any atom is 0.356 e. The Morgan fingerprint density at radius 2 is 2.36 bits per heavy atom. The molecule has 0 aliphatic rings. The zero-order chi connectivity index (χ0) is 10.6. The molecule has 0 saturated heterocycles. The molecule has 1 atom stereocenters. The summed E-state index contributed by atoms with van der Waals surface area (Å²) in [6.07, 6.45) is 7.00. The number of hydrogen-bond donors (Lipinski definition) is 1. The lowest BCUT2D eigenvalue weighted by molar-refractivity contribution is 0.0689. The highest BCUT2D eigenvalue weighted by atomic mass is 16.5. The minimum atomic E-state index is -1.13. The fourth-order valence-corrected chi connectivity index (χ4v) is 0.703. The van der Waals surface area contributed by atoms with Crippen molar-refractivity contribution in [1.82, 2.24) is 9.97 Å². The molecule has 0 radical (unpaired) electrons. The van der Waals surface area contributed by atoms with Crippen LogP contribution in [0.15, 0.2) is 12.4 Å². The van der Waals surface area contributed by atoms with Crippen molar-refractivity contribution in [2.24, 2.45) is 0 Å². The summed E-state index contributed by atoms with van der Waals surface area (Å²) in [4.78, 5) is 17.8. The minimum Gasteiger partial charge on any atom is -0.476 e. The summed E-state index contributed by atoms with van der Waals surface area (Å²) >= 11 is 0. The minimum absolute atomic E-state index is 0.134. The van der Waals surface area contributed by atoms with Crippen LogP contribution in [-0.4, -0.2) is 27.1 Å². The van der Waals surface area contributed by atoms with Crippen LogP contribution in [0.2, 0.25) is 0 Å². The van der Waals surface area contributed by atoms with E-state index in [0.717, 1.165) is 6.20 Å². The molecule has 0 aliphatic carbocycles. The van der Waals surface area contributed by atoms with Crippen LogP contribution in [0, 0.1) is 12.3 Å². The van der Waals surface area contributed by atoms with Crippen molar-refractivity contribution in [3.8, 4) is 18.2 Å². The number of hydrogen-bond acceptors (Lipinski definition) is 4. The van der Waals surface area contributed by atoms with Crippen LogP contribution in [0.5, 0.6) is 5.88 Å². The van der Waals surface area contributed by atoms with E-state index in [0.29, 0.717) is 0 Å². The highest BCUT2D eigenvalue weighted by molar-refractivity contribution is 5.84. The molecule has 0 spiro atoms. The monoisotopic (exact) mass is 192 g/mol. The Morgan fingerprint density at radius 1 is 1.64 bits per heavy atom. The zero-order valence-electron chi connectivity index (χ0n) is 7.47. The van der Waals surface area contributed by atoms with Gasteiger partial charge < -0.3 is 9.84 Å². The molecule has 0 amide bonds. The number of carboxylic acids is 1. The maximum atomic E-state index is 10.4. The van der Waals surface area contributed by atoms with E-state index < -0.39 is 12.1 Å². The topological polar surface area (TPSA) is 72.3 Å². The second-order valence-electron chi connectivity index (χ2n) is 2.47. The van der Waals surface area contributed by atoms with Gasteiger partial charge >= 0.3 is 5.97 Å². The molecule has 0 saturated carbocycles. The van der Waals surface area contributed by atoms with Gasteiger partial charge in [-0.15, -0.1) is 6.42 Å². The maximum absolute atomic E-state index is 10.4. The van der Waals surface area contributed by atoms with Gasteiger partial charge in [-0.2, -0.15) is 0 Å². The molecule has 1 unspecified atom stereocenters. The standard InChI is InChI=1S/C9H8N2O3/c1-3-6(2)14-8-5-10-7(4-11-8)9(12)13/h1,4-6H,2H3,(H,12,13). The summed E-state index contributed by atoms with van der Waals surface area (Å²) in [5, 5.41) is 8.53. The van der Waals surface area contributed by atoms with E-state index in [1.807, 2.05) is 0 Å². The van der Waals surface area contributed by atoms with E-state index in [-0.39, 0.29) is 11.6 Å². The van der Waals surface area contributed by atoms with E-state index >= 15 is 0 Å². The molecule has 1 rings (SSSR count). The van der Waals surface area contributed by atoms with Gasteiger partial charge in [0.25, 0.3) is 0 Å². The quantitative estimate of drug-likeness (QED) is 0.709. The molecule has 72 valence electrons. The molecule has 1 aromatic heterocycles. The molecule has 1 heterocycles. The van der Waals surface area contributed by atoms with E-state index in [9.17, 15) is 4.79 Å². The highest BCUT2D eigenvalue weighted by Crippen LogP contribution is 2.06. The number of carboxylic acid groups (broad SMARTS) is 1. The molecule has 0 aliphatic heterocycles. The third-order valence-electron chi connectivity index (χ3n) is 1.38. The third-order valence-corrected chi connectivity index (χ3v) is 1.38. The van der Waals surface area contributed by atoms with Crippen LogP contribution in [0.25, 0.3) is 0 Å². The van der Waals surface area contributed by atoms with Gasteiger partial charge in [0.15, 0.2) is 11.8 Å². The molecule has 0 fully saturated rings. The van der Waals surface area contributed by atoms with Crippen LogP contribution >= 0.6 is 0 Å². The van der Waals surface area contributed by atoms with Crippen LogP contribution in [0.4, 0.5) is 0 Å². The third kappa shape index (κ3) is 2.45. The zero-order valence-corrected chi connectivity index (χ0v) is 7.47. The molecule has 5 nitrogen and oxygen atoms in total. The number of terminal acetylenes is 1. The molecule has 0 aromatic carbocycles. The second kappa shape index (κ2) is 4.23. The van der Waals surface area contributed by atoms with Crippen molar-refractivity contribution >= 4 is 5.97 Å². The van der Waals surface area contributed by atoms with Gasteiger partial charge in [0.2, 0.25) is 5.88 Å². The number of aromatic nitrogens is 2. The van der Waals surface area contributed by atoms with Crippen LogP contribution in [-0.2, 0) is 0 Å². The molecular formula is C9H8N2O3. The Bertz CT molecular complexity index is 367. The molecule has 5 heteroatoms. The summed E-state index contributed by atoms with van der Waals surface area (Å²) in [5.41, 5.74) is -0.134. The summed E-state index contributed by atoms with van der Waals surface area (Å²) in [5.74, 6) is 1.42. The number of aromatic carboxylic acids is 1. The number of ether oxygens (including phenoxy) is 1. The summed E-state index contributed by atoms with van der Waals surface area (Å²) in [7, 11) is 0. The lowest BCUT2D eigenvalue weighted by Gasteiger charge is -2.06. The van der Waals surface area contributed by atoms with Crippen LogP contribution < -0.4 is 4.74 Å². The van der Waals surface area contributed by atoms with Crippen molar-refractivity contribution in [1.29, 1.82) is 0 Å². The number of carbonyl (C=O) groups is 1. The van der Waals surface area contributed by atoms with E-state index in [2.05, 4.69) is 15.9 Å². The Morgan fingerprint density at radius 3 is 2.79 bits per heavy atom. The summed E-state index contributed by atoms with van der Waals surface area (Å²) in [6, 6.07) is 0. The van der Waals surface area contributed by atoms with Crippen molar-refractivity contribution < 1.29 is 14.6 Å². The Kier molecular flexibility index (Phi) is 3.02. The first-order chi connectivity index (χ1) is 6.63. The number of nitrogens with zero attached hydrogens (tertiary/aromatic N) is 2. The van der Waals surface area contributed by atoms with Gasteiger partial charge in [0.1, 0.15) is 0 Å². The number of rotatable bonds is 3. The largest absolute Gasteiger partial charge is 0.476 e. The Hall–Kier alpha value is -2.09. The Balaban J connectivity index is 2.75. The SMILES string of the molecule is C#CC(C)Oc1cnc(C(=O)O)cn1. The van der Waals surface area contributed by atoms with Gasteiger partial charge in [-0.05, 0) is 6.92 Å². The van der Waals surface area contributed by atoms with Gasteiger partial charge in [-0.1, -0.05) is 5.92 Å². The predicted molar refractivity (Wildman–Crippen MR) is 47.9 cm³/mol. The summed E-state index contributed by atoms with van der Waals surface area (Å²) < 4.78 is 5.10. The highest BCUT2D eigenvalue weighted by Gasteiger charge is 2.06.